The third-order valence-electron chi connectivity index (χ3n) is 3.53. The van der Waals surface area contributed by atoms with Gasteiger partial charge in [-0.2, -0.15) is 0 Å². The summed E-state index contributed by atoms with van der Waals surface area (Å²) in [6.45, 7) is 12.3. The molecule has 1 amide bonds. The third kappa shape index (κ3) is 4.76. The molecule has 0 fully saturated rings. The Bertz CT molecular complexity index is 912. The van der Waals surface area contributed by atoms with Crippen molar-refractivity contribution in [1.29, 1.82) is 0 Å². The largest absolute Gasteiger partial charge is 0.364 e. The van der Waals surface area contributed by atoms with Gasteiger partial charge in [0.25, 0.3) is 5.91 Å². The van der Waals surface area contributed by atoms with Crippen molar-refractivity contribution in [3.05, 3.63) is 44.2 Å². The Morgan fingerprint density at radius 2 is 2.20 bits per heavy atom. The topological polar surface area (TPSA) is 80.4 Å². The lowest BCUT2D eigenvalue weighted by Gasteiger charge is -2.14. The first-order valence-electron chi connectivity index (χ1n) is 8.17. The molecule has 0 unspecified atom stereocenters. The van der Waals surface area contributed by atoms with E-state index in [9.17, 15) is 4.79 Å². The summed E-state index contributed by atoms with van der Waals surface area (Å²) in [5, 5.41) is 4.14. The molecule has 0 radical (unpaired) electrons. The van der Waals surface area contributed by atoms with Gasteiger partial charge < -0.3 is 11.1 Å². The fourth-order valence-electron chi connectivity index (χ4n) is 2.50. The zero-order valence-corrected chi connectivity index (χ0v) is 15.9. The fraction of sp³-hybridized carbons (Fsp3) is 0.316. The number of amides is 1. The molecule has 0 saturated heterocycles. The van der Waals surface area contributed by atoms with Crippen molar-refractivity contribution in [2.75, 3.05) is 5.32 Å². The number of nitrogens with zero attached hydrogens (tertiary/aromatic N) is 2. The van der Waals surface area contributed by atoms with Gasteiger partial charge in [-0.25, -0.2) is 9.98 Å². The molecule has 6 heteroatoms. The van der Waals surface area contributed by atoms with Crippen LogP contribution in [0.5, 0.6) is 0 Å². The maximum Gasteiger partial charge on any atom is 0.277 e. The number of nitrogens with two attached hydrogens (primary N) is 1. The molecule has 0 aliphatic heterocycles. The number of primary amides is 1. The summed E-state index contributed by atoms with van der Waals surface area (Å²) in [5.74, 6) is 0.534. The number of aryl methyl sites for hydroxylation is 1. The van der Waals surface area contributed by atoms with Crippen LogP contribution in [0, 0.1) is 12.8 Å². The molecule has 1 aromatic heterocycles. The molecule has 3 N–H and O–H groups in total. The van der Waals surface area contributed by atoms with Crippen molar-refractivity contribution in [1.82, 2.24) is 4.98 Å². The summed E-state index contributed by atoms with van der Waals surface area (Å²) in [4.78, 5) is 20.1. The average molecular weight is 356 g/mol. The monoisotopic (exact) mass is 356 g/mol. The lowest BCUT2D eigenvalue weighted by molar-refractivity contribution is 0.1000. The molecule has 0 aliphatic rings. The molecule has 0 bridgehead atoms. The first-order chi connectivity index (χ1) is 11.8. The van der Waals surface area contributed by atoms with E-state index in [1.54, 1.807) is 6.21 Å². The van der Waals surface area contributed by atoms with E-state index in [2.05, 4.69) is 54.8 Å². The van der Waals surface area contributed by atoms with Gasteiger partial charge in [0.1, 0.15) is 5.35 Å². The minimum absolute atomic E-state index is 0.233. The van der Waals surface area contributed by atoms with Crippen LogP contribution in [0.25, 0.3) is 12.4 Å². The minimum Gasteiger partial charge on any atom is -0.364 e. The Labute approximate surface area is 152 Å². The van der Waals surface area contributed by atoms with Gasteiger partial charge in [-0.15, -0.1) is 11.3 Å². The number of carbonyl (C=O) groups excluding carboxylic acids is 1. The average Bonchev–Trinajstić information content (AvgIpc) is 2.91. The highest BCUT2D eigenvalue weighted by Gasteiger charge is 2.11. The van der Waals surface area contributed by atoms with E-state index in [-0.39, 0.29) is 5.01 Å². The predicted molar refractivity (Wildman–Crippen MR) is 106 cm³/mol. The molecule has 0 atom stereocenters. The van der Waals surface area contributed by atoms with E-state index >= 15 is 0 Å². The van der Waals surface area contributed by atoms with Crippen LogP contribution < -0.4 is 20.9 Å². The van der Waals surface area contributed by atoms with Crippen LogP contribution in [0.4, 0.5) is 5.69 Å². The number of carbonyl (C=O) groups is 1. The van der Waals surface area contributed by atoms with Crippen LogP contribution in [0.2, 0.25) is 0 Å². The van der Waals surface area contributed by atoms with Gasteiger partial charge in [-0.05, 0) is 37.8 Å². The highest BCUT2D eigenvalue weighted by molar-refractivity contribution is 7.11. The molecule has 2 aromatic rings. The summed E-state index contributed by atoms with van der Waals surface area (Å²) in [7, 11) is 0. The number of hydrogen-bond donors (Lipinski definition) is 2. The highest BCUT2D eigenvalue weighted by atomic mass is 32.1. The molecule has 25 heavy (non-hydrogen) atoms. The van der Waals surface area contributed by atoms with Crippen LogP contribution in [0.3, 0.4) is 0 Å². The lowest BCUT2D eigenvalue weighted by Crippen LogP contribution is -2.26. The number of hydrogen-bond acceptors (Lipinski definition) is 5. The molecular weight excluding hydrogens is 332 g/mol. The Hall–Kier alpha value is -2.47. The van der Waals surface area contributed by atoms with E-state index in [0.29, 0.717) is 21.6 Å². The molecule has 1 heterocycles. The van der Waals surface area contributed by atoms with E-state index in [1.165, 1.54) is 22.5 Å². The maximum atomic E-state index is 11.4. The van der Waals surface area contributed by atoms with E-state index < -0.39 is 5.91 Å². The van der Waals surface area contributed by atoms with Crippen LogP contribution >= 0.6 is 11.3 Å². The Kier molecular flexibility index (Phi) is 6.09. The second-order valence-corrected chi connectivity index (χ2v) is 7.36. The SMILES string of the molecule is C=c1sc(C(N)=O)n/c1=C(/N=C\C)Nc1ccc(C)cc1CC(C)C. The summed E-state index contributed by atoms with van der Waals surface area (Å²) in [5.41, 5.74) is 8.74. The Balaban J connectivity index is 2.57. The molecule has 132 valence electrons. The zero-order valence-electron chi connectivity index (χ0n) is 15.1. The molecule has 1 aromatic carbocycles. The Morgan fingerprint density at radius 3 is 2.76 bits per heavy atom. The Morgan fingerprint density at radius 1 is 1.48 bits per heavy atom. The third-order valence-corrected chi connectivity index (χ3v) is 4.46. The smallest absolute Gasteiger partial charge is 0.277 e. The normalized spacial score (nSPS) is 12.7. The number of thiazole rings is 1. The standard InChI is InChI=1S/C19H24N4OS/c1-6-21-18(16-13(5)25-19(23-16)17(20)24)22-15-8-7-12(4)10-14(15)9-11(2)3/h6-8,10-11,22H,5,9H2,1-4H3,(H2,20,24)/b18-16-,21-6-. The zero-order chi connectivity index (χ0) is 18.6. The second-order valence-electron chi connectivity index (χ2n) is 6.27. The van der Waals surface area contributed by atoms with Crippen LogP contribution in [0.1, 0.15) is 41.7 Å². The predicted octanol–water partition coefficient (Wildman–Crippen LogP) is 2.43. The van der Waals surface area contributed by atoms with Crippen molar-refractivity contribution in [2.24, 2.45) is 16.6 Å². The summed E-state index contributed by atoms with van der Waals surface area (Å²) in [6, 6.07) is 6.28. The molecule has 0 aliphatic carbocycles. The van der Waals surface area contributed by atoms with Crippen molar-refractivity contribution in [3.8, 4) is 0 Å². The number of anilines is 1. The summed E-state index contributed by atoms with van der Waals surface area (Å²) in [6.07, 6.45) is 2.63. The van der Waals surface area contributed by atoms with E-state index in [1.807, 2.05) is 13.0 Å². The molecule has 2 rings (SSSR count). The molecule has 0 spiro atoms. The van der Waals surface area contributed by atoms with Crippen molar-refractivity contribution in [2.45, 2.75) is 34.1 Å². The summed E-state index contributed by atoms with van der Waals surface area (Å²) >= 11 is 1.17. The molecular formula is C19H24N4OS. The minimum atomic E-state index is -0.559. The van der Waals surface area contributed by atoms with Crippen LogP contribution in [0.15, 0.2) is 23.2 Å². The van der Waals surface area contributed by atoms with Gasteiger partial charge in [0.2, 0.25) is 0 Å². The fourth-order valence-corrected chi connectivity index (χ4v) is 3.21. The van der Waals surface area contributed by atoms with Gasteiger partial charge >= 0.3 is 0 Å². The van der Waals surface area contributed by atoms with Crippen molar-refractivity contribution >= 4 is 41.5 Å². The first kappa shape index (κ1) is 18.9. The van der Waals surface area contributed by atoms with Gasteiger partial charge in [-0.3, -0.25) is 4.79 Å². The highest BCUT2D eigenvalue weighted by Crippen LogP contribution is 2.22. The second kappa shape index (κ2) is 8.07. The number of nitrogens with one attached hydrogen (secondary N) is 1. The number of benzene rings is 1. The van der Waals surface area contributed by atoms with Crippen molar-refractivity contribution in [3.63, 3.8) is 0 Å². The summed E-state index contributed by atoms with van der Waals surface area (Å²) < 4.78 is 0.652. The maximum absolute atomic E-state index is 11.4. The lowest BCUT2D eigenvalue weighted by atomic mass is 9.99. The van der Waals surface area contributed by atoms with Crippen molar-refractivity contribution < 1.29 is 4.79 Å². The van der Waals surface area contributed by atoms with Crippen LogP contribution in [-0.2, 0) is 6.42 Å². The van der Waals surface area contributed by atoms with Gasteiger partial charge in [0.15, 0.2) is 10.8 Å². The van der Waals surface area contributed by atoms with Crippen LogP contribution in [-0.4, -0.2) is 17.1 Å². The number of rotatable bonds is 6. The molecule has 0 saturated carbocycles. The van der Waals surface area contributed by atoms with E-state index in [0.717, 1.165) is 12.1 Å². The van der Waals surface area contributed by atoms with Gasteiger partial charge in [-0.1, -0.05) is 38.1 Å². The quantitative estimate of drug-likeness (QED) is 0.780. The van der Waals surface area contributed by atoms with Gasteiger partial charge in [0, 0.05) is 11.9 Å². The van der Waals surface area contributed by atoms with E-state index in [4.69, 9.17) is 5.73 Å². The number of aromatic nitrogens is 1. The molecule has 5 nitrogen and oxygen atoms in total. The first-order valence-corrected chi connectivity index (χ1v) is 8.98. The van der Waals surface area contributed by atoms with Gasteiger partial charge in [0.05, 0.1) is 4.53 Å². The number of aliphatic imine (C=N–C) groups is 1.